The fourth-order valence-electron chi connectivity index (χ4n) is 6.07. The number of imide groups is 2. The van der Waals surface area contributed by atoms with E-state index in [2.05, 4.69) is 5.43 Å². The van der Waals surface area contributed by atoms with Crippen molar-refractivity contribution >= 4 is 47.2 Å². The van der Waals surface area contributed by atoms with Crippen LogP contribution in [0.2, 0.25) is 0 Å². The van der Waals surface area contributed by atoms with Crippen LogP contribution in [0.1, 0.15) is 76.2 Å². The molecule has 4 aromatic carbocycles. The first kappa shape index (κ1) is 35.2. The van der Waals surface area contributed by atoms with Crippen molar-refractivity contribution in [1.82, 2.24) is 24.7 Å². The number of rotatable bonds is 11. The summed E-state index contributed by atoms with van der Waals surface area (Å²) in [5, 5.41) is 1.30. The smallest absolute Gasteiger partial charge is 0.289 e. The highest BCUT2D eigenvalue weighted by Gasteiger charge is 2.52. The third-order valence-corrected chi connectivity index (χ3v) is 9.76. The second-order valence-electron chi connectivity index (χ2n) is 13.5. The van der Waals surface area contributed by atoms with Gasteiger partial charge in [-0.1, -0.05) is 97.1 Å². The molecule has 0 aliphatic carbocycles. The van der Waals surface area contributed by atoms with Gasteiger partial charge in [-0.15, -0.1) is 0 Å². The molecule has 6 amide bonds. The van der Waals surface area contributed by atoms with Gasteiger partial charge in [0.2, 0.25) is 0 Å². The number of amides is 6. The van der Waals surface area contributed by atoms with Crippen molar-refractivity contribution in [3.8, 4) is 0 Å². The van der Waals surface area contributed by atoms with Gasteiger partial charge in [0.25, 0.3) is 11.8 Å². The van der Waals surface area contributed by atoms with Gasteiger partial charge in [0.05, 0.1) is 13.1 Å². The first-order chi connectivity index (χ1) is 24.2. The SMILES string of the molecule is CC1(C)C(=O)N(Cc2ccc(C(=O)c3cccc(CNN4C(=O)N(Cc5ccc(C(=O)c6ccccc6)cc5)C(=O)C4(C)C)c3)cc2)C(=O)N1Cl. The number of halogens is 1. The maximum Gasteiger partial charge on any atom is 0.342 e. The highest BCUT2D eigenvalue weighted by atomic mass is 35.5. The van der Waals surface area contributed by atoms with Crippen LogP contribution in [0.5, 0.6) is 0 Å². The van der Waals surface area contributed by atoms with E-state index in [-0.39, 0.29) is 37.1 Å². The molecule has 1 N–H and O–H groups in total. The average molecular weight is 706 g/mol. The van der Waals surface area contributed by atoms with Crippen LogP contribution in [0.3, 0.4) is 0 Å². The Balaban J connectivity index is 1.08. The van der Waals surface area contributed by atoms with E-state index in [1.807, 2.05) is 12.1 Å². The minimum absolute atomic E-state index is 0.0213. The molecule has 2 saturated heterocycles. The van der Waals surface area contributed by atoms with Gasteiger partial charge < -0.3 is 0 Å². The third-order valence-electron chi connectivity index (χ3n) is 9.19. The Bertz CT molecular complexity index is 2050. The van der Waals surface area contributed by atoms with Crippen molar-refractivity contribution in [3.05, 3.63) is 142 Å². The largest absolute Gasteiger partial charge is 0.342 e. The number of benzene rings is 4. The Morgan fingerprint density at radius 3 is 1.57 bits per heavy atom. The molecule has 11 nitrogen and oxygen atoms in total. The van der Waals surface area contributed by atoms with Crippen molar-refractivity contribution in [2.75, 3.05) is 0 Å². The van der Waals surface area contributed by atoms with Gasteiger partial charge in [0.1, 0.15) is 11.1 Å². The molecule has 260 valence electrons. The predicted octanol–water partition coefficient (Wildman–Crippen LogP) is 6.09. The summed E-state index contributed by atoms with van der Waals surface area (Å²) in [5.74, 6) is -1.14. The maximum absolute atomic E-state index is 13.5. The number of carbonyl (C=O) groups excluding carboxylic acids is 6. The molecule has 12 heteroatoms. The molecule has 2 heterocycles. The summed E-state index contributed by atoms with van der Waals surface area (Å²) in [5.41, 5.74) is 4.73. The number of hydrogen-bond acceptors (Lipinski definition) is 7. The zero-order valence-electron chi connectivity index (χ0n) is 28.6. The molecule has 0 unspecified atom stereocenters. The average Bonchev–Trinajstić information content (AvgIpc) is 3.39. The lowest BCUT2D eigenvalue weighted by Crippen LogP contribution is -2.51. The second-order valence-corrected chi connectivity index (χ2v) is 13.9. The number of nitrogens with zero attached hydrogens (tertiary/aromatic N) is 4. The van der Waals surface area contributed by atoms with Gasteiger partial charge in [-0.2, -0.15) is 0 Å². The summed E-state index contributed by atoms with van der Waals surface area (Å²) in [6, 6.07) is 28.3. The van der Waals surface area contributed by atoms with E-state index in [9.17, 15) is 28.8 Å². The summed E-state index contributed by atoms with van der Waals surface area (Å²) in [4.78, 5) is 80.5. The molecule has 6 rings (SSSR count). The molecular formula is C39H36ClN5O6. The summed E-state index contributed by atoms with van der Waals surface area (Å²) in [7, 11) is 0. The lowest BCUT2D eigenvalue weighted by atomic mass is 10.00. The minimum Gasteiger partial charge on any atom is -0.289 e. The Kier molecular flexibility index (Phi) is 9.37. The van der Waals surface area contributed by atoms with Crippen LogP contribution in [0.25, 0.3) is 0 Å². The van der Waals surface area contributed by atoms with E-state index in [1.54, 1.807) is 119 Å². The summed E-state index contributed by atoms with van der Waals surface area (Å²) in [6.07, 6.45) is 0. The normalized spacial score (nSPS) is 16.7. The monoisotopic (exact) mass is 705 g/mol. The number of carbonyl (C=O) groups is 6. The molecule has 0 atom stereocenters. The van der Waals surface area contributed by atoms with Crippen molar-refractivity contribution in [1.29, 1.82) is 0 Å². The van der Waals surface area contributed by atoms with Crippen molar-refractivity contribution in [2.45, 2.75) is 58.4 Å². The molecular weight excluding hydrogens is 670 g/mol. The maximum atomic E-state index is 13.5. The first-order valence-electron chi connectivity index (χ1n) is 16.3. The molecule has 0 saturated carbocycles. The second kappa shape index (κ2) is 13.6. The molecule has 0 spiro atoms. The van der Waals surface area contributed by atoms with E-state index in [1.165, 1.54) is 9.91 Å². The van der Waals surface area contributed by atoms with Crippen LogP contribution in [0, 0.1) is 0 Å². The summed E-state index contributed by atoms with van der Waals surface area (Å²) >= 11 is 6.04. The fourth-order valence-corrected chi connectivity index (χ4v) is 6.23. The van der Waals surface area contributed by atoms with Crippen LogP contribution in [0.15, 0.2) is 103 Å². The zero-order valence-corrected chi connectivity index (χ0v) is 29.3. The first-order valence-corrected chi connectivity index (χ1v) is 16.7. The Morgan fingerprint density at radius 2 is 1.04 bits per heavy atom. The van der Waals surface area contributed by atoms with Gasteiger partial charge in [-0.25, -0.2) is 24.4 Å². The van der Waals surface area contributed by atoms with Gasteiger partial charge in [-0.3, -0.25) is 29.0 Å². The number of hydrazine groups is 1. The number of urea groups is 2. The van der Waals surface area contributed by atoms with Crippen LogP contribution >= 0.6 is 11.8 Å². The Labute approximate surface area is 300 Å². The van der Waals surface area contributed by atoms with Crippen LogP contribution in [-0.2, 0) is 29.2 Å². The van der Waals surface area contributed by atoms with Crippen LogP contribution in [0.4, 0.5) is 9.59 Å². The van der Waals surface area contributed by atoms with Gasteiger partial charge in [0, 0.05) is 40.6 Å². The molecule has 2 fully saturated rings. The van der Waals surface area contributed by atoms with Gasteiger partial charge in [-0.05, 0) is 50.5 Å². The van der Waals surface area contributed by atoms with Gasteiger partial charge in [0.15, 0.2) is 11.6 Å². The highest BCUT2D eigenvalue weighted by molar-refractivity contribution is 6.28. The van der Waals surface area contributed by atoms with Crippen LogP contribution in [-0.4, -0.2) is 65.7 Å². The Hall–Kier alpha value is -5.65. The van der Waals surface area contributed by atoms with E-state index in [4.69, 9.17) is 11.8 Å². The topological polar surface area (TPSA) is 127 Å². The molecule has 51 heavy (non-hydrogen) atoms. The number of nitrogens with one attached hydrogen (secondary N) is 1. The van der Waals surface area contributed by atoms with Crippen molar-refractivity contribution in [2.24, 2.45) is 0 Å². The molecule has 0 aromatic heterocycles. The van der Waals surface area contributed by atoms with Crippen molar-refractivity contribution < 1.29 is 28.8 Å². The summed E-state index contributed by atoms with van der Waals surface area (Å²) in [6.45, 7) is 6.69. The summed E-state index contributed by atoms with van der Waals surface area (Å²) < 4.78 is 0.890. The molecule has 2 aliphatic heterocycles. The molecule has 0 radical (unpaired) electrons. The molecule has 0 bridgehead atoms. The highest BCUT2D eigenvalue weighted by Crippen LogP contribution is 2.31. The standard InChI is InChI=1S/C39H36ClN5O6/c1-38(2)34(48)42(36(50)44(38)40)23-25-15-19-30(20-16-25)33(47)31-12-8-9-27(21-31)22-41-45-37(51)43(35(49)39(45,3)4)24-26-13-17-29(18-14-26)32(46)28-10-6-5-7-11-28/h5-21,41H,22-24H2,1-4H3. The lowest BCUT2D eigenvalue weighted by Gasteiger charge is -2.28. The molecule has 4 aromatic rings. The Morgan fingerprint density at radius 1 is 0.569 bits per heavy atom. The van der Waals surface area contributed by atoms with E-state index in [0.29, 0.717) is 38.9 Å². The minimum atomic E-state index is -1.18. The van der Waals surface area contributed by atoms with Gasteiger partial charge >= 0.3 is 12.1 Å². The van der Waals surface area contributed by atoms with E-state index >= 15 is 0 Å². The third kappa shape index (κ3) is 6.65. The number of hydrogen-bond donors (Lipinski definition) is 1. The van der Waals surface area contributed by atoms with E-state index < -0.39 is 29.0 Å². The molecule has 2 aliphatic rings. The lowest BCUT2D eigenvalue weighted by molar-refractivity contribution is -0.133. The predicted molar refractivity (Wildman–Crippen MR) is 189 cm³/mol. The quantitative estimate of drug-likeness (QED) is 0.114. The number of ketones is 2. The van der Waals surface area contributed by atoms with E-state index in [0.717, 1.165) is 9.32 Å². The zero-order chi connectivity index (χ0) is 36.7. The van der Waals surface area contributed by atoms with Crippen molar-refractivity contribution in [3.63, 3.8) is 0 Å². The fraction of sp³-hybridized carbons (Fsp3) is 0.231. The van der Waals surface area contributed by atoms with Crippen LogP contribution < -0.4 is 5.43 Å².